The molecule has 1 aromatic rings. The summed E-state index contributed by atoms with van der Waals surface area (Å²) in [7, 11) is 0. The molecule has 3 nitrogen and oxygen atoms in total. The van der Waals surface area contributed by atoms with Crippen LogP contribution in [0.4, 0.5) is 5.13 Å². The molecule has 2 N–H and O–H groups in total. The molecule has 90 valence electrons. The van der Waals surface area contributed by atoms with Gasteiger partial charge in [-0.3, -0.25) is 0 Å². The Kier molecular flexibility index (Phi) is 3.82. The largest absolute Gasteiger partial charge is 0.345 e. The summed E-state index contributed by atoms with van der Waals surface area (Å²) in [5.74, 6) is 0. The second-order valence-electron chi connectivity index (χ2n) is 4.46. The molecule has 1 unspecified atom stereocenters. The SMILES string of the molecule is CCc1nc(N2CCCCC2C)sc1CN. The second kappa shape index (κ2) is 5.15. The lowest BCUT2D eigenvalue weighted by Gasteiger charge is -2.33. The van der Waals surface area contributed by atoms with Gasteiger partial charge in [-0.15, -0.1) is 11.3 Å². The van der Waals surface area contributed by atoms with Gasteiger partial charge in [0, 0.05) is 24.0 Å². The van der Waals surface area contributed by atoms with E-state index < -0.39 is 0 Å². The topological polar surface area (TPSA) is 42.2 Å². The van der Waals surface area contributed by atoms with Gasteiger partial charge < -0.3 is 10.6 Å². The van der Waals surface area contributed by atoms with Crippen molar-refractivity contribution in [1.82, 2.24) is 4.98 Å². The average Bonchev–Trinajstić information content (AvgIpc) is 2.72. The standard InChI is InChI=1S/C12H21N3S/c1-3-10-11(8-13)16-12(14-10)15-7-5-4-6-9(15)2/h9H,3-8,13H2,1-2H3. The Morgan fingerprint density at radius 2 is 2.31 bits per heavy atom. The van der Waals surface area contributed by atoms with Crippen LogP contribution in [0.1, 0.15) is 43.7 Å². The highest BCUT2D eigenvalue weighted by molar-refractivity contribution is 7.15. The number of hydrogen-bond donors (Lipinski definition) is 1. The Morgan fingerprint density at radius 3 is 2.88 bits per heavy atom. The molecule has 16 heavy (non-hydrogen) atoms. The van der Waals surface area contributed by atoms with Crippen molar-refractivity contribution in [2.75, 3.05) is 11.4 Å². The average molecular weight is 239 g/mol. The monoisotopic (exact) mass is 239 g/mol. The number of rotatable bonds is 3. The minimum absolute atomic E-state index is 0.628. The molecule has 1 aromatic heterocycles. The number of thiazole rings is 1. The first kappa shape index (κ1) is 11.9. The van der Waals surface area contributed by atoms with Crippen LogP contribution in [-0.4, -0.2) is 17.6 Å². The van der Waals surface area contributed by atoms with Crippen LogP contribution in [0.25, 0.3) is 0 Å². The molecule has 4 heteroatoms. The molecule has 0 aliphatic carbocycles. The summed E-state index contributed by atoms with van der Waals surface area (Å²) in [4.78, 5) is 8.45. The van der Waals surface area contributed by atoms with Gasteiger partial charge in [0.2, 0.25) is 0 Å². The summed E-state index contributed by atoms with van der Waals surface area (Å²) in [6, 6.07) is 0.634. The summed E-state index contributed by atoms with van der Waals surface area (Å²) >= 11 is 1.78. The maximum atomic E-state index is 5.76. The lowest BCUT2D eigenvalue weighted by molar-refractivity contribution is 0.484. The van der Waals surface area contributed by atoms with E-state index >= 15 is 0 Å². The van der Waals surface area contributed by atoms with Gasteiger partial charge in [0.25, 0.3) is 0 Å². The third kappa shape index (κ3) is 2.23. The van der Waals surface area contributed by atoms with E-state index in [2.05, 4.69) is 18.7 Å². The first-order valence-electron chi connectivity index (χ1n) is 6.21. The van der Waals surface area contributed by atoms with Crippen LogP contribution in [0.2, 0.25) is 0 Å². The van der Waals surface area contributed by atoms with Crippen LogP contribution in [0, 0.1) is 0 Å². The van der Waals surface area contributed by atoms with Crippen molar-refractivity contribution in [2.24, 2.45) is 5.73 Å². The molecule has 0 bridgehead atoms. The van der Waals surface area contributed by atoms with Gasteiger partial charge in [-0.1, -0.05) is 6.92 Å². The van der Waals surface area contributed by atoms with Crippen molar-refractivity contribution in [1.29, 1.82) is 0 Å². The maximum Gasteiger partial charge on any atom is 0.186 e. The summed E-state index contributed by atoms with van der Waals surface area (Å²) < 4.78 is 0. The molecule has 2 rings (SSSR count). The predicted molar refractivity (Wildman–Crippen MR) is 70.0 cm³/mol. The fourth-order valence-electron chi connectivity index (χ4n) is 2.31. The number of piperidine rings is 1. The lowest BCUT2D eigenvalue weighted by Crippen LogP contribution is -2.37. The van der Waals surface area contributed by atoms with Crippen molar-refractivity contribution in [3.8, 4) is 0 Å². The molecule has 0 spiro atoms. The number of nitrogens with zero attached hydrogens (tertiary/aromatic N) is 2. The number of aryl methyl sites for hydroxylation is 1. The van der Waals surface area contributed by atoms with Crippen molar-refractivity contribution >= 4 is 16.5 Å². The van der Waals surface area contributed by atoms with E-state index in [0.717, 1.165) is 13.0 Å². The Balaban J connectivity index is 2.22. The molecule has 0 aromatic carbocycles. The lowest BCUT2D eigenvalue weighted by atomic mass is 10.1. The number of aromatic nitrogens is 1. The molecular formula is C12H21N3S. The smallest absolute Gasteiger partial charge is 0.186 e. The fraction of sp³-hybridized carbons (Fsp3) is 0.750. The van der Waals surface area contributed by atoms with E-state index in [0.29, 0.717) is 12.6 Å². The highest BCUT2D eigenvalue weighted by atomic mass is 32.1. The van der Waals surface area contributed by atoms with Crippen LogP contribution < -0.4 is 10.6 Å². The van der Waals surface area contributed by atoms with E-state index in [1.807, 2.05) is 0 Å². The summed E-state index contributed by atoms with van der Waals surface area (Å²) in [6.45, 7) is 6.23. The normalized spacial score (nSPS) is 21.4. The van der Waals surface area contributed by atoms with Crippen LogP contribution in [-0.2, 0) is 13.0 Å². The van der Waals surface area contributed by atoms with Gasteiger partial charge in [-0.25, -0.2) is 4.98 Å². The van der Waals surface area contributed by atoms with Gasteiger partial charge >= 0.3 is 0 Å². The predicted octanol–water partition coefficient (Wildman–Crippen LogP) is 2.54. The quantitative estimate of drug-likeness (QED) is 0.881. The zero-order valence-electron chi connectivity index (χ0n) is 10.2. The van der Waals surface area contributed by atoms with Gasteiger partial charge in [0.05, 0.1) is 5.69 Å². The highest BCUT2D eigenvalue weighted by Crippen LogP contribution is 2.31. The third-order valence-corrected chi connectivity index (χ3v) is 4.49. The number of nitrogens with two attached hydrogens (primary N) is 1. The molecule has 1 aliphatic rings. The van der Waals surface area contributed by atoms with Gasteiger partial charge in [0.1, 0.15) is 0 Å². The Labute approximate surface area is 102 Å². The molecule has 1 atom stereocenters. The molecule has 1 saturated heterocycles. The number of anilines is 1. The third-order valence-electron chi connectivity index (χ3n) is 3.34. The molecule has 0 radical (unpaired) electrons. The van der Waals surface area contributed by atoms with Crippen LogP contribution in [0.5, 0.6) is 0 Å². The molecule has 0 saturated carbocycles. The van der Waals surface area contributed by atoms with Crippen LogP contribution >= 0.6 is 11.3 Å². The van der Waals surface area contributed by atoms with E-state index in [-0.39, 0.29) is 0 Å². The Hall–Kier alpha value is -0.610. The van der Waals surface area contributed by atoms with E-state index in [9.17, 15) is 0 Å². The summed E-state index contributed by atoms with van der Waals surface area (Å²) in [5, 5.41) is 1.18. The molecule has 0 amide bonds. The molecular weight excluding hydrogens is 218 g/mol. The maximum absolute atomic E-state index is 5.76. The second-order valence-corrected chi connectivity index (χ2v) is 5.52. The zero-order chi connectivity index (χ0) is 11.5. The first-order chi connectivity index (χ1) is 7.76. The molecule has 1 aliphatic heterocycles. The van der Waals surface area contributed by atoms with Crippen LogP contribution in [0.3, 0.4) is 0 Å². The van der Waals surface area contributed by atoms with Crippen molar-refractivity contribution in [3.63, 3.8) is 0 Å². The minimum atomic E-state index is 0.628. The van der Waals surface area contributed by atoms with Crippen molar-refractivity contribution in [2.45, 2.75) is 52.1 Å². The van der Waals surface area contributed by atoms with Gasteiger partial charge in [0.15, 0.2) is 5.13 Å². The van der Waals surface area contributed by atoms with E-state index in [4.69, 9.17) is 10.7 Å². The van der Waals surface area contributed by atoms with E-state index in [1.165, 1.54) is 35.0 Å². The zero-order valence-corrected chi connectivity index (χ0v) is 11.0. The van der Waals surface area contributed by atoms with Gasteiger partial charge in [-0.05, 0) is 32.6 Å². The fourth-order valence-corrected chi connectivity index (χ4v) is 3.47. The van der Waals surface area contributed by atoms with Gasteiger partial charge in [-0.2, -0.15) is 0 Å². The summed E-state index contributed by atoms with van der Waals surface area (Å²) in [6.07, 6.45) is 4.93. The Bertz CT molecular complexity index is 327. The summed E-state index contributed by atoms with van der Waals surface area (Å²) in [5.41, 5.74) is 6.95. The van der Waals surface area contributed by atoms with E-state index in [1.54, 1.807) is 11.3 Å². The molecule has 1 fully saturated rings. The number of hydrogen-bond acceptors (Lipinski definition) is 4. The highest BCUT2D eigenvalue weighted by Gasteiger charge is 2.22. The van der Waals surface area contributed by atoms with Crippen LogP contribution in [0.15, 0.2) is 0 Å². The molecule has 2 heterocycles. The van der Waals surface area contributed by atoms with Crippen molar-refractivity contribution in [3.05, 3.63) is 10.6 Å². The Morgan fingerprint density at radius 1 is 1.50 bits per heavy atom. The first-order valence-corrected chi connectivity index (χ1v) is 7.03. The minimum Gasteiger partial charge on any atom is -0.345 e. The van der Waals surface area contributed by atoms with Crippen molar-refractivity contribution < 1.29 is 0 Å².